The summed E-state index contributed by atoms with van der Waals surface area (Å²) < 4.78 is 33.0. The first-order chi connectivity index (χ1) is 27.0. The maximum Gasteiger partial charge on any atom is 0.319 e. The molecule has 22 heteroatoms. The van der Waals surface area contributed by atoms with E-state index in [0.717, 1.165) is 35.0 Å². The number of nitrogens with zero attached hydrogens (tertiary/aromatic N) is 7. The second kappa shape index (κ2) is 16.6. The van der Waals surface area contributed by atoms with Crippen LogP contribution in [-0.4, -0.2) is 48.2 Å². The minimum atomic E-state index is -4.81. The topological polar surface area (TPSA) is 314 Å². The van der Waals surface area contributed by atoms with Gasteiger partial charge in [-0.3, -0.25) is 34.9 Å². The van der Waals surface area contributed by atoms with Gasteiger partial charge < -0.3 is 20.4 Å². The van der Waals surface area contributed by atoms with E-state index in [1.54, 1.807) is 60.7 Å². The summed E-state index contributed by atoms with van der Waals surface area (Å²) in [5.41, 5.74) is -2.37. The van der Waals surface area contributed by atoms with Crippen LogP contribution < -0.4 is 0 Å². The molecular weight excluding hydrogens is 822 g/mol. The molecule has 20 nitrogen and oxygen atoms in total. The van der Waals surface area contributed by atoms with Crippen molar-refractivity contribution in [3.8, 4) is 23.0 Å². The Morgan fingerprint density at radius 1 is 0.500 bits per heavy atom. The number of nitro groups is 3. The van der Waals surface area contributed by atoms with E-state index in [9.17, 15) is 63.7 Å². The predicted molar refractivity (Wildman–Crippen MR) is 203 cm³/mol. The number of hydrogen-bond donors (Lipinski definition) is 5. The Bertz CT molecular complexity index is 3000. The fraction of sp³-hybridized carbons (Fsp3) is 0. The summed E-state index contributed by atoms with van der Waals surface area (Å²) in [5.74, 6) is -1.86. The second-order valence-electron chi connectivity index (χ2n) is 11.8. The van der Waals surface area contributed by atoms with Crippen LogP contribution in [0.1, 0.15) is 0 Å². The SMILES string of the molecule is O=[N+]([O-])c1cc(N=Nc2c(O)ccc3ccccc23)c(O)c([N+](=O)[O-])c1.O=[N+]([O-])c1ccc2c(N=Nc3c(O)ccc4ccccc34)c(O)cc(S(=O)(=O)O)c2c1.[Cr]. The average molecular weight is 846 g/mol. The second-order valence-corrected chi connectivity index (χ2v) is 13.2. The Kier molecular flexibility index (Phi) is 11.9. The normalized spacial score (nSPS) is 11.4. The molecule has 7 aromatic rings. The molecule has 58 heavy (non-hydrogen) atoms. The zero-order valence-corrected chi connectivity index (χ0v) is 30.9. The van der Waals surface area contributed by atoms with Crippen LogP contribution in [0, 0.1) is 30.3 Å². The van der Waals surface area contributed by atoms with Crippen molar-refractivity contribution in [3.63, 3.8) is 0 Å². The molecule has 5 N–H and O–H groups in total. The molecule has 7 rings (SSSR count). The van der Waals surface area contributed by atoms with Crippen LogP contribution in [0.4, 0.5) is 39.8 Å². The van der Waals surface area contributed by atoms with Gasteiger partial charge in [-0.1, -0.05) is 60.7 Å². The van der Waals surface area contributed by atoms with Gasteiger partial charge in [-0.2, -0.15) is 8.42 Å². The van der Waals surface area contributed by atoms with Crippen molar-refractivity contribution in [2.24, 2.45) is 20.5 Å². The molecule has 292 valence electrons. The minimum absolute atomic E-state index is 0. The number of nitro benzene ring substituents is 3. The van der Waals surface area contributed by atoms with E-state index in [2.05, 4.69) is 20.5 Å². The molecule has 0 radical (unpaired) electrons. The number of rotatable bonds is 8. The van der Waals surface area contributed by atoms with Crippen LogP contribution in [0.2, 0.25) is 0 Å². The third kappa shape index (κ3) is 8.44. The van der Waals surface area contributed by atoms with Crippen molar-refractivity contribution in [3.05, 3.63) is 140 Å². The van der Waals surface area contributed by atoms with E-state index < -0.39 is 64.0 Å². The summed E-state index contributed by atoms with van der Waals surface area (Å²) >= 11 is 0. The summed E-state index contributed by atoms with van der Waals surface area (Å²) in [7, 11) is -4.81. The molecular formula is C36H23CrN7O13S. The van der Waals surface area contributed by atoms with Gasteiger partial charge in [0, 0.05) is 63.2 Å². The van der Waals surface area contributed by atoms with Gasteiger partial charge >= 0.3 is 5.69 Å². The quantitative estimate of drug-likeness (QED) is 0.0412. The van der Waals surface area contributed by atoms with E-state index >= 15 is 0 Å². The summed E-state index contributed by atoms with van der Waals surface area (Å²) in [6.07, 6.45) is 0. The number of phenolic OH excluding ortho intramolecular Hbond substituents is 4. The van der Waals surface area contributed by atoms with Crippen molar-refractivity contribution in [2.75, 3.05) is 0 Å². The van der Waals surface area contributed by atoms with Gasteiger partial charge in [-0.25, -0.2) is 0 Å². The Balaban J connectivity index is 0.000000221. The number of benzene rings is 7. The molecule has 0 bridgehead atoms. The molecule has 0 heterocycles. The molecule has 0 aliphatic carbocycles. The number of aromatic hydroxyl groups is 4. The van der Waals surface area contributed by atoms with Crippen molar-refractivity contribution in [1.29, 1.82) is 0 Å². The van der Waals surface area contributed by atoms with Crippen molar-refractivity contribution in [1.82, 2.24) is 0 Å². The van der Waals surface area contributed by atoms with Crippen molar-refractivity contribution >= 4 is 82.2 Å². The van der Waals surface area contributed by atoms with Gasteiger partial charge in [0.25, 0.3) is 21.5 Å². The maximum atomic E-state index is 11.7. The first-order valence-electron chi connectivity index (χ1n) is 15.9. The van der Waals surface area contributed by atoms with E-state index in [0.29, 0.717) is 16.8 Å². The minimum Gasteiger partial charge on any atom is -0.506 e. The molecule has 0 atom stereocenters. The molecule has 0 amide bonds. The van der Waals surface area contributed by atoms with Gasteiger partial charge in [0.1, 0.15) is 44.9 Å². The zero-order valence-electron chi connectivity index (χ0n) is 28.8. The van der Waals surface area contributed by atoms with Crippen LogP contribution >= 0.6 is 0 Å². The molecule has 0 aliphatic rings. The van der Waals surface area contributed by atoms with E-state index in [-0.39, 0.29) is 56.7 Å². The van der Waals surface area contributed by atoms with Gasteiger partial charge in [0.2, 0.25) is 5.75 Å². The number of fused-ring (bicyclic) bond motifs is 3. The number of phenols is 4. The first kappa shape index (κ1) is 41.5. The monoisotopic (exact) mass is 845 g/mol. The smallest absolute Gasteiger partial charge is 0.319 e. The van der Waals surface area contributed by atoms with E-state index in [1.165, 1.54) is 18.2 Å². The maximum absolute atomic E-state index is 11.7. The van der Waals surface area contributed by atoms with E-state index in [4.69, 9.17) is 0 Å². The van der Waals surface area contributed by atoms with Crippen molar-refractivity contribution < 1.29 is 65.5 Å². The van der Waals surface area contributed by atoms with Crippen LogP contribution in [0.15, 0.2) is 135 Å². The third-order valence-electron chi connectivity index (χ3n) is 8.25. The fourth-order valence-corrected chi connectivity index (χ4v) is 6.30. The first-order valence-corrected chi connectivity index (χ1v) is 17.3. The standard InChI is InChI=1S/C20H13N3O7S.C16H10N4O6.Cr/c24-16-8-5-11-3-1-2-4-13(11)19(16)21-22-20-14-7-6-12(23(26)27)9-15(14)18(10-17(20)25)31(28,29)30;21-14-6-5-9-3-1-2-4-11(9)15(14)18-17-12-7-10(19(23)24)8-13(16(12)22)20(25)26;/h1-10,24-25H,(H,28,29,30);1-8,21-22H;. The van der Waals surface area contributed by atoms with Crippen LogP contribution in [0.25, 0.3) is 32.3 Å². The average Bonchev–Trinajstić information content (AvgIpc) is 3.17. The number of azo groups is 2. The molecule has 0 saturated carbocycles. The fourth-order valence-electron chi connectivity index (χ4n) is 5.59. The van der Waals surface area contributed by atoms with E-state index in [1.807, 2.05) is 0 Å². The largest absolute Gasteiger partial charge is 0.506 e. The molecule has 0 unspecified atom stereocenters. The summed E-state index contributed by atoms with van der Waals surface area (Å²) in [4.78, 5) is 29.8. The van der Waals surface area contributed by atoms with Crippen molar-refractivity contribution in [2.45, 2.75) is 4.90 Å². The number of hydrogen-bond acceptors (Lipinski definition) is 16. The molecule has 7 aromatic carbocycles. The summed E-state index contributed by atoms with van der Waals surface area (Å²) in [6.45, 7) is 0. The van der Waals surface area contributed by atoms with Crippen LogP contribution in [-0.2, 0) is 27.5 Å². The predicted octanol–water partition coefficient (Wildman–Crippen LogP) is 9.45. The van der Waals surface area contributed by atoms with Gasteiger partial charge in [0.05, 0.1) is 20.8 Å². The van der Waals surface area contributed by atoms with Gasteiger partial charge in [0.15, 0.2) is 0 Å². The number of non-ortho nitro benzene ring substituents is 2. The Hall–Kier alpha value is -7.64. The Morgan fingerprint density at radius 3 is 1.50 bits per heavy atom. The molecule has 0 aromatic heterocycles. The molecule has 0 spiro atoms. The van der Waals surface area contributed by atoms with Gasteiger partial charge in [-0.15, -0.1) is 20.5 Å². The molecule has 0 saturated heterocycles. The zero-order chi connectivity index (χ0) is 41.2. The van der Waals surface area contributed by atoms with Crippen LogP contribution in [0.5, 0.6) is 23.0 Å². The third-order valence-corrected chi connectivity index (χ3v) is 9.14. The van der Waals surface area contributed by atoms with Gasteiger partial charge in [-0.05, 0) is 29.0 Å². The summed E-state index contributed by atoms with van der Waals surface area (Å²) in [6, 6.07) is 25.7. The van der Waals surface area contributed by atoms with Crippen LogP contribution in [0.3, 0.4) is 0 Å². The summed E-state index contributed by atoms with van der Waals surface area (Å²) in [5, 5.41) is 91.5. The Labute approximate surface area is 334 Å². The molecule has 0 fully saturated rings. The molecule has 0 aliphatic heterocycles. The Morgan fingerprint density at radius 2 is 1.00 bits per heavy atom.